The molecule has 180 valence electrons. The quantitative estimate of drug-likeness (QED) is 0.188. The van der Waals surface area contributed by atoms with Gasteiger partial charge in [0.2, 0.25) is 0 Å². The first-order valence-electron chi connectivity index (χ1n) is 10.4. The third kappa shape index (κ3) is 10.7. The molecule has 0 heterocycles. The molecule has 0 nitrogen and oxygen atoms in total. The molecule has 0 spiro atoms. The normalized spacial score (nSPS) is 8.75. The number of benzene rings is 3. The second-order valence-corrected chi connectivity index (χ2v) is 7.98. The second-order valence-electron chi connectivity index (χ2n) is 7.98. The van der Waals surface area contributed by atoms with E-state index in [-0.39, 0.29) is 92.7 Å². The van der Waals surface area contributed by atoms with Crippen molar-refractivity contribution in [2.45, 2.75) is 20.8 Å². The van der Waals surface area contributed by atoms with Crippen LogP contribution in [-0.4, -0.2) is 0 Å². The summed E-state index contributed by atoms with van der Waals surface area (Å²) in [6.07, 6.45) is 0. The van der Waals surface area contributed by atoms with Crippen molar-refractivity contribution in [1.29, 1.82) is 0 Å². The van der Waals surface area contributed by atoms with Crippen LogP contribution in [0.3, 0.4) is 0 Å². The summed E-state index contributed by atoms with van der Waals surface area (Å²) in [6, 6.07) is 38.5. The molecule has 0 aliphatic carbocycles. The Balaban J connectivity index is -0.000000419. The van der Waals surface area contributed by atoms with Crippen molar-refractivity contribution < 1.29 is 92.7 Å². The van der Waals surface area contributed by atoms with Crippen LogP contribution in [0.25, 0.3) is 32.3 Å². The summed E-state index contributed by atoms with van der Waals surface area (Å²) >= 11 is 0. The van der Waals surface area contributed by atoms with E-state index in [2.05, 4.69) is 130 Å². The Kier molecular flexibility index (Phi) is 20.9. The Bertz CT molecular complexity index is 1130. The summed E-state index contributed by atoms with van der Waals surface area (Å²) < 4.78 is 0. The average Bonchev–Trinajstić information content (AvgIpc) is 3.41. The molecule has 36 heavy (non-hydrogen) atoms. The summed E-state index contributed by atoms with van der Waals surface area (Å²) in [6.45, 7) is 6.38. The average molecular weight is 718 g/mol. The first-order valence-corrected chi connectivity index (χ1v) is 10.4. The molecule has 6 heteroatoms. The second kappa shape index (κ2) is 19.1. The minimum absolute atomic E-state index is 0. The monoisotopic (exact) mass is 714 g/mol. The van der Waals surface area contributed by atoms with Crippen molar-refractivity contribution in [3.63, 3.8) is 0 Å². The van der Waals surface area contributed by atoms with Gasteiger partial charge in [0.1, 0.15) is 0 Å². The Morgan fingerprint density at radius 3 is 0.833 bits per heavy atom. The van der Waals surface area contributed by atoms with Crippen molar-refractivity contribution in [2.75, 3.05) is 0 Å². The van der Waals surface area contributed by atoms with Crippen LogP contribution < -0.4 is 14.1 Å². The molecule has 6 aromatic rings. The maximum absolute atomic E-state index is 2.20. The van der Waals surface area contributed by atoms with Crippen molar-refractivity contribution >= 4 is 32.3 Å². The maximum Gasteiger partial charge on any atom is 2.00 e. The smallest absolute Gasteiger partial charge is 1.00 e. The van der Waals surface area contributed by atoms with Crippen molar-refractivity contribution in [2.24, 2.45) is 0 Å². The first-order chi connectivity index (χ1) is 14.6. The van der Waals surface area contributed by atoms with E-state index in [1.54, 1.807) is 0 Å². The number of halogens is 3. The zero-order valence-electron chi connectivity index (χ0n) is 20.5. The molecule has 0 saturated heterocycles. The topological polar surface area (TPSA) is 0 Å². The molecule has 0 aromatic heterocycles. The zero-order valence-corrected chi connectivity index (χ0v) is 27.9. The first kappa shape index (κ1) is 39.4. The molecule has 0 radical (unpaired) electrons. The van der Waals surface area contributed by atoms with Gasteiger partial charge < -0.3 is 14.1 Å². The molecule has 0 N–H and O–H groups in total. The number of fused-ring (bicyclic) bond motifs is 3. The Hall–Kier alpha value is -1.07. The number of hydrogen-bond donors (Lipinski definition) is 0. The van der Waals surface area contributed by atoms with E-state index in [4.69, 9.17) is 0 Å². The van der Waals surface area contributed by atoms with Gasteiger partial charge in [-0.2, -0.15) is 18.2 Å². The summed E-state index contributed by atoms with van der Waals surface area (Å²) in [5.74, 6) is 0. The summed E-state index contributed by atoms with van der Waals surface area (Å²) in [4.78, 5) is 0. The molecule has 0 unspecified atom stereocenters. The fraction of sp³-hybridized carbons (Fsp3) is 0.100. The zero-order chi connectivity index (χ0) is 20.9. The SMILES string of the molecule is Cc1cc2ccccc2[cH-]1.Cc1cc2ccccc2[cH-]1.Cc1cc2ccccc2[cH-]1.[F-].[F-].[F-].[Zr+2].[Zr+2].[Zr+2]. The van der Waals surface area contributed by atoms with Gasteiger partial charge in [0.05, 0.1) is 0 Å². The van der Waals surface area contributed by atoms with Gasteiger partial charge >= 0.3 is 78.6 Å². The molecule has 0 amide bonds. The van der Waals surface area contributed by atoms with E-state index in [9.17, 15) is 0 Å². The number of hydrogen-bond acceptors (Lipinski definition) is 0. The molecule has 0 aliphatic rings. The molecule has 0 atom stereocenters. The van der Waals surface area contributed by atoms with Crippen molar-refractivity contribution in [3.05, 3.63) is 126 Å². The molecule has 0 aliphatic heterocycles. The maximum atomic E-state index is 2.20. The largest absolute Gasteiger partial charge is 2.00 e. The van der Waals surface area contributed by atoms with Crippen LogP contribution in [0, 0.1) is 20.8 Å². The van der Waals surface area contributed by atoms with Crippen LogP contribution in [0.1, 0.15) is 16.7 Å². The van der Waals surface area contributed by atoms with Crippen LogP contribution in [0.5, 0.6) is 0 Å². The van der Waals surface area contributed by atoms with Gasteiger partial charge in [-0.15, -0.1) is 122 Å². The molecular weight excluding hydrogens is 691 g/mol. The van der Waals surface area contributed by atoms with Crippen LogP contribution in [0.15, 0.2) is 109 Å². The van der Waals surface area contributed by atoms with Crippen molar-refractivity contribution in [3.8, 4) is 0 Å². The predicted octanol–water partition coefficient (Wildman–Crippen LogP) is -0.394. The third-order valence-electron chi connectivity index (χ3n) is 5.29. The van der Waals surface area contributed by atoms with Crippen LogP contribution in [0.4, 0.5) is 0 Å². The van der Waals surface area contributed by atoms with Crippen molar-refractivity contribution in [1.82, 2.24) is 0 Å². The molecule has 6 aromatic carbocycles. The number of rotatable bonds is 0. The van der Waals surface area contributed by atoms with Crippen LogP contribution >= 0.6 is 0 Å². The molecular formula is C30H27F3Zr3. The molecule has 0 bridgehead atoms. The van der Waals surface area contributed by atoms with E-state index < -0.39 is 0 Å². The van der Waals surface area contributed by atoms with E-state index in [1.165, 1.54) is 49.0 Å². The van der Waals surface area contributed by atoms with E-state index in [0.717, 1.165) is 0 Å². The van der Waals surface area contributed by atoms with E-state index in [1.807, 2.05) is 0 Å². The van der Waals surface area contributed by atoms with Crippen LogP contribution in [0.2, 0.25) is 0 Å². The Labute approximate surface area is 269 Å². The van der Waals surface area contributed by atoms with Gasteiger partial charge in [-0.3, -0.25) is 0 Å². The minimum atomic E-state index is 0. The van der Waals surface area contributed by atoms with Gasteiger partial charge in [0, 0.05) is 0 Å². The van der Waals surface area contributed by atoms with Gasteiger partial charge in [-0.1, -0.05) is 39.0 Å². The molecule has 6 rings (SSSR count). The number of aryl methyl sites for hydroxylation is 3. The summed E-state index contributed by atoms with van der Waals surface area (Å²) in [7, 11) is 0. The minimum Gasteiger partial charge on any atom is -1.00 e. The van der Waals surface area contributed by atoms with Crippen LogP contribution in [-0.2, 0) is 78.6 Å². The fourth-order valence-electron chi connectivity index (χ4n) is 3.92. The van der Waals surface area contributed by atoms with Gasteiger partial charge in [-0.25, -0.2) is 0 Å². The third-order valence-corrected chi connectivity index (χ3v) is 5.29. The fourth-order valence-corrected chi connectivity index (χ4v) is 3.92. The predicted molar refractivity (Wildman–Crippen MR) is 133 cm³/mol. The Morgan fingerprint density at radius 2 is 0.611 bits per heavy atom. The summed E-state index contributed by atoms with van der Waals surface area (Å²) in [5.41, 5.74) is 4.05. The van der Waals surface area contributed by atoms with E-state index in [0.29, 0.717) is 0 Å². The molecule has 0 saturated carbocycles. The van der Waals surface area contributed by atoms with Gasteiger partial charge in [0.15, 0.2) is 0 Å². The van der Waals surface area contributed by atoms with Gasteiger partial charge in [-0.05, 0) is 0 Å². The molecule has 0 fully saturated rings. The van der Waals surface area contributed by atoms with Gasteiger partial charge in [0.25, 0.3) is 0 Å². The standard InChI is InChI=1S/3C10H9.3FH.3Zr/c3*1-8-6-9-4-2-3-5-10(9)7-8;;;;;;/h3*2-7H,1H3;3*1H;;;/q3*-1;;;;3*+2/p-3. The Morgan fingerprint density at radius 1 is 0.389 bits per heavy atom. The van der Waals surface area contributed by atoms with E-state index >= 15 is 0 Å². The summed E-state index contributed by atoms with van der Waals surface area (Å²) in [5, 5.41) is 8.08.